The Hall–Kier alpha value is -2.42. The number of halogens is 1. The van der Waals surface area contributed by atoms with E-state index in [0.717, 1.165) is 23.2 Å². The van der Waals surface area contributed by atoms with Crippen LogP contribution < -0.4 is 5.32 Å². The highest BCUT2D eigenvalue weighted by molar-refractivity contribution is 7.89. The molecule has 2 aromatic rings. The number of nitrogens with zero attached hydrogens (tertiary/aromatic N) is 2. The molecule has 0 bridgehead atoms. The van der Waals surface area contributed by atoms with Gasteiger partial charge in [0.2, 0.25) is 10.0 Å². The van der Waals surface area contributed by atoms with Crippen molar-refractivity contribution in [2.75, 3.05) is 19.4 Å². The number of benzene rings is 2. The normalized spacial score (nSPS) is 22.8. The van der Waals surface area contributed by atoms with Crippen LogP contribution in [0.1, 0.15) is 29.5 Å². The van der Waals surface area contributed by atoms with Gasteiger partial charge in [-0.2, -0.15) is 0 Å². The molecule has 4 rings (SSSR count). The number of hydrogen-bond acceptors (Lipinski definition) is 5. The minimum Gasteiger partial charge on any atom is -0.378 e. The first-order valence-corrected chi connectivity index (χ1v) is 11.0. The van der Waals surface area contributed by atoms with Crippen LogP contribution in [0.25, 0.3) is 0 Å². The fourth-order valence-corrected chi connectivity index (χ4v) is 5.26. The van der Waals surface area contributed by atoms with Crippen molar-refractivity contribution in [3.8, 4) is 0 Å². The molecule has 0 spiro atoms. The van der Waals surface area contributed by atoms with Crippen LogP contribution >= 0.6 is 11.6 Å². The molecule has 3 unspecified atom stereocenters. The van der Waals surface area contributed by atoms with Crippen LogP contribution in [0.15, 0.2) is 53.4 Å². The van der Waals surface area contributed by atoms with Gasteiger partial charge in [-0.1, -0.05) is 29.8 Å². The fraction of sp³-hybridized carbons (Fsp3) is 0.300. The first-order chi connectivity index (χ1) is 13.7. The number of nitro groups is 1. The molecular formula is C20H20ClN3O4S. The van der Waals surface area contributed by atoms with Gasteiger partial charge in [0.1, 0.15) is 5.02 Å². The maximum absolute atomic E-state index is 12.5. The highest BCUT2D eigenvalue weighted by Crippen LogP contribution is 2.50. The van der Waals surface area contributed by atoms with E-state index >= 15 is 0 Å². The number of nitro benzene ring substituents is 1. The van der Waals surface area contributed by atoms with Crippen molar-refractivity contribution in [2.24, 2.45) is 5.92 Å². The molecule has 152 valence electrons. The molecule has 0 aromatic heterocycles. The van der Waals surface area contributed by atoms with Gasteiger partial charge in [0.15, 0.2) is 0 Å². The van der Waals surface area contributed by atoms with Gasteiger partial charge in [-0.25, -0.2) is 12.7 Å². The third-order valence-corrected chi connectivity index (χ3v) is 7.77. The minimum absolute atomic E-state index is 0.0308. The Labute approximate surface area is 174 Å². The Balaban J connectivity index is 1.78. The van der Waals surface area contributed by atoms with Gasteiger partial charge in [-0.15, -0.1) is 0 Å². The lowest BCUT2D eigenvalue weighted by Crippen LogP contribution is -2.29. The second kappa shape index (κ2) is 7.12. The molecule has 0 saturated heterocycles. The van der Waals surface area contributed by atoms with Crippen molar-refractivity contribution < 1.29 is 13.3 Å². The second-order valence-electron chi connectivity index (χ2n) is 7.48. The highest BCUT2D eigenvalue weighted by atomic mass is 35.5. The first-order valence-electron chi connectivity index (χ1n) is 9.13. The van der Waals surface area contributed by atoms with Gasteiger partial charge in [0.25, 0.3) is 5.69 Å². The zero-order chi connectivity index (χ0) is 20.9. The molecule has 1 aliphatic carbocycles. The summed E-state index contributed by atoms with van der Waals surface area (Å²) < 4.78 is 26.3. The number of nitrogens with one attached hydrogen (secondary N) is 1. The summed E-state index contributed by atoms with van der Waals surface area (Å²) in [6.07, 6.45) is 4.97. The van der Waals surface area contributed by atoms with Crippen LogP contribution in [0.4, 0.5) is 11.4 Å². The quantitative estimate of drug-likeness (QED) is 0.440. The Bertz CT molecular complexity index is 1130. The zero-order valence-corrected chi connectivity index (χ0v) is 17.4. The zero-order valence-electron chi connectivity index (χ0n) is 15.9. The maximum Gasteiger partial charge on any atom is 0.288 e. The largest absolute Gasteiger partial charge is 0.378 e. The summed E-state index contributed by atoms with van der Waals surface area (Å²) >= 11 is 5.97. The van der Waals surface area contributed by atoms with Crippen LogP contribution in [0, 0.1) is 16.0 Å². The van der Waals surface area contributed by atoms with E-state index in [1.54, 1.807) is 30.3 Å². The number of sulfonamides is 1. The van der Waals surface area contributed by atoms with E-state index in [4.69, 9.17) is 11.6 Å². The number of fused-ring (bicyclic) bond motifs is 3. The molecule has 0 amide bonds. The molecule has 0 radical (unpaired) electrons. The lowest BCUT2D eigenvalue weighted by molar-refractivity contribution is -0.384. The van der Waals surface area contributed by atoms with E-state index in [1.165, 1.54) is 24.5 Å². The Kier molecular flexibility index (Phi) is 4.88. The molecule has 1 aliphatic heterocycles. The minimum atomic E-state index is -3.53. The summed E-state index contributed by atoms with van der Waals surface area (Å²) in [5, 5.41) is 14.9. The average molecular weight is 434 g/mol. The lowest BCUT2D eigenvalue weighted by Gasteiger charge is -2.37. The van der Waals surface area contributed by atoms with Crippen molar-refractivity contribution >= 4 is 33.0 Å². The SMILES string of the molecule is CN(C)S(=O)(=O)c1ccc2c(c1)C1C=CCC1C(c1ccc(Cl)c([N+](=O)[O-])c1)N2. The van der Waals surface area contributed by atoms with E-state index in [9.17, 15) is 18.5 Å². The van der Waals surface area contributed by atoms with E-state index < -0.39 is 14.9 Å². The highest BCUT2D eigenvalue weighted by Gasteiger charge is 2.39. The van der Waals surface area contributed by atoms with Crippen LogP contribution in [0.2, 0.25) is 5.02 Å². The molecule has 7 nitrogen and oxygen atoms in total. The molecule has 29 heavy (non-hydrogen) atoms. The summed E-state index contributed by atoms with van der Waals surface area (Å²) in [6.45, 7) is 0. The second-order valence-corrected chi connectivity index (χ2v) is 10.0. The Morgan fingerprint density at radius 2 is 1.97 bits per heavy atom. The van der Waals surface area contributed by atoms with Crippen molar-refractivity contribution in [1.29, 1.82) is 0 Å². The predicted octanol–water partition coefficient (Wildman–Crippen LogP) is 4.33. The number of hydrogen-bond donors (Lipinski definition) is 1. The smallest absolute Gasteiger partial charge is 0.288 e. The summed E-state index contributed by atoms with van der Waals surface area (Å²) in [7, 11) is -0.515. The lowest BCUT2D eigenvalue weighted by atomic mass is 9.77. The van der Waals surface area contributed by atoms with Crippen LogP contribution in [0.5, 0.6) is 0 Å². The molecule has 0 saturated carbocycles. The monoisotopic (exact) mass is 433 g/mol. The standard InChI is InChI=1S/C20H20ClN3O4S/c1-23(2)29(27,28)13-7-9-18-16(11-13)14-4-3-5-15(14)20(22-18)12-6-8-17(21)19(10-12)24(25)26/h3-4,6-11,14-15,20,22H,5H2,1-2H3. The predicted molar refractivity (Wildman–Crippen MR) is 112 cm³/mol. The number of allylic oxidation sites excluding steroid dienone is 2. The molecule has 2 aliphatic rings. The Morgan fingerprint density at radius 3 is 2.66 bits per heavy atom. The molecule has 1 N–H and O–H groups in total. The number of rotatable bonds is 4. The first kappa shape index (κ1) is 19.9. The average Bonchev–Trinajstić information content (AvgIpc) is 3.17. The topological polar surface area (TPSA) is 92.5 Å². The van der Waals surface area contributed by atoms with E-state index in [-0.39, 0.29) is 33.5 Å². The molecule has 1 heterocycles. The third kappa shape index (κ3) is 3.31. The summed E-state index contributed by atoms with van der Waals surface area (Å²) in [5.74, 6) is 0.156. The van der Waals surface area contributed by atoms with Crippen LogP contribution in [-0.2, 0) is 10.0 Å². The summed E-state index contributed by atoms with van der Waals surface area (Å²) in [5.41, 5.74) is 2.42. The van der Waals surface area contributed by atoms with E-state index in [1.807, 2.05) is 0 Å². The van der Waals surface area contributed by atoms with E-state index in [0.29, 0.717) is 0 Å². The van der Waals surface area contributed by atoms with Crippen molar-refractivity contribution in [1.82, 2.24) is 4.31 Å². The van der Waals surface area contributed by atoms with Crippen LogP contribution in [0.3, 0.4) is 0 Å². The molecular weight excluding hydrogens is 414 g/mol. The number of anilines is 1. The van der Waals surface area contributed by atoms with Crippen molar-refractivity contribution in [3.63, 3.8) is 0 Å². The van der Waals surface area contributed by atoms with Crippen LogP contribution in [-0.4, -0.2) is 31.7 Å². The van der Waals surface area contributed by atoms with Gasteiger partial charge < -0.3 is 5.32 Å². The van der Waals surface area contributed by atoms with Gasteiger partial charge in [-0.3, -0.25) is 10.1 Å². The molecule has 3 atom stereocenters. The van der Waals surface area contributed by atoms with Gasteiger partial charge in [0, 0.05) is 31.8 Å². The van der Waals surface area contributed by atoms with E-state index in [2.05, 4.69) is 17.5 Å². The molecule has 0 fully saturated rings. The molecule has 2 aromatic carbocycles. The fourth-order valence-electron chi connectivity index (χ4n) is 4.14. The molecule has 9 heteroatoms. The van der Waals surface area contributed by atoms with Crippen molar-refractivity contribution in [3.05, 3.63) is 74.8 Å². The van der Waals surface area contributed by atoms with Gasteiger partial charge >= 0.3 is 0 Å². The van der Waals surface area contributed by atoms with Gasteiger partial charge in [0.05, 0.1) is 15.9 Å². The van der Waals surface area contributed by atoms with Crippen molar-refractivity contribution in [2.45, 2.75) is 23.3 Å². The maximum atomic E-state index is 12.5. The summed E-state index contributed by atoms with van der Waals surface area (Å²) in [4.78, 5) is 11.1. The third-order valence-electron chi connectivity index (χ3n) is 5.64. The Morgan fingerprint density at radius 1 is 1.21 bits per heavy atom. The summed E-state index contributed by atoms with van der Waals surface area (Å²) in [6, 6.07) is 9.81. The van der Waals surface area contributed by atoms with Gasteiger partial charge in [-0.05, 0) is 47.7 Å².